The van der Waals surface area contributed by atoms with E-state index in [-0.39, 0.29) is 12.0 Å². The molecule has 1 aromatic rings. The molecule has 3 nitrogen and oxygen atoms in total. The van der Waals surface area contributed by atoms with Gasteiger partial charge in [-0.15, -0.1) is 0 Å². The molecule has 0 bridgehead atoms. The fraction of sp³-hybridized carbons (Fsp3) is 0.655. The van der Waals surface area contributed by atoms with E-state index in [9.17, 15) is 10.2 Å². The van der Waals surface area contributed by atoms with Crippen molar-refractivity contribution in [1.29, 1.82) is 0 Å². The number of nitrogens with zero attached hydrogens (tertiary/aromatic N) is 1. The van der Waals surface area contributed by atoms with Crippen LogP contribution in [-0.4, -0.2) is 45.9 Å². The van der Waals surface area contributed by atoms with Crippen molar-refractivity contribution in [3.05, 3.63) is 59.2 Å². The first-order valence-electron chi connectivity index (χ1n) is 12.8. The SMILES string of the molecule is Cc1cccc(C[C@H](O)/C=C/[C@@H]2[C@H]3CC(CCCCN(C(C)C)C(C)C)=C[C@H]3C[C@H]2O)c1. The Labute approximate surface area is 196 Å². The Morgan fingerprint density at radius 1 is 1.12 bits per heavy atom. The van der Waals surface area contributed by atoms with E-state index in [4.69, 9.17) is 0 Å². The number of hydrogen-bond donors (Lipinski definition) is 2. The predicted octanol–water partition coefficient (Wildman–Crippen LogP) is 5.69. The van der Waals surface area contributed by atoms with Gasteiger partial charge in [-0.05, 0) is 90.7 Å². The maximum absolute atomic E-state index is 10.6. The van der Waals surface area contributed by atoms with Crippen LogP contribution in [-0.2, 0) is 6.42 Å². The summed E-state index contributed by atoms with van der Waals surface area (Å²) in [5, 5.41) is 21.1. The molecule has 0 aromatic heterocycles. The molecular formula is C29H45NO2. The number of unbranched alkanes of at least 4 members (excludes halogenated alkanes) is 1. The molecule has 2 aliphatic carbocycles. The van der Waals surface area contributed by atoms with Gasteiger partial charge in [-0.2, -0.15) is 0 Å². The molecule has 0 radical (unpaired) electrons. The summed E-state index contributed by atoms with van der Waals surface area (Å²) >= 11 is 0. The average Bonchev–Trinajstić information content (AvgIpc) is 3.22. The Bertz CT molecular complexity index is 773. The second kappa shape index (κ2) is 11.6. The van der Waals surface area contributed by atoms with E-state index in [1.54, 1.807) is 5.57 Å². The summed E-state index contributed by atoms with van der Waals surface area (Å²) in [4.78, 5) is 2.58. The van der Waals surface area contributed by atoms with Crippen LogP contribution in [0.1, 0.15) is 70.9 Å². The molecule has 2 N–H and O–H groups in total. The number of aliphatic hydroxyl groups is 2. The molecule has 0 unspecified atom stereocenters. The number of benzene rings is 1. The quantitative estimate of drug-likeness (QED) is 0.344. The van der Waals surface area contributed by atoms with E-state index in [1.165, 1.54) is 31.4 Å². The first-order valence-corrected chi connectivity index (χ1v) is 12.8. The highest BCUT2D eigenvalue weighted by Gasteiger charge is 2.43. The van der Waals surface area contributed by atoms with Crippen LogP contribution in [0.3, 0.4) is 0 Å². The molecule has 5 atom stereocenters. The molecule has 32 heavy (non-hydrogen) atoms. The zero-order valence-corrected chi connectivity index (χ0v) is 20.9. The van der Waals surface area contributed by atoms with Gasteiger partial charge in [0, 0.05) is 24.4 Å². The molecule has 178 valence electrons. The third-order valence-electron chi connectivity index (χ3n) is 7.52. The highest BCUT2D eigenvalue weighted by atomic mass is 16.3. The maximum atomic E-state index is 10.6. The van der Waals surface area contributed by atoms with E-state index in [0.29, 0.717) is 30.3 Å². The van der Waals surface area contributed by atoms with Crippen molar-refractivity contribution < 1.29 is 10.2 Å². The molecule has 0 spiro atoms. The lowest BCUT2D eigenvalue weighted by atomic mass is 9.88. The predicted molar refractivity (Wildman–Crippen MR) is 135 cm³/mol. The van der Waals surface area contributed by atoms with Crippen molar-refractivity contribution in [3.63, 3.8) is 0 Å². The highest BCUT2D eigenvalue weighted by molar-refractivity contribution is 5.24. The Kier molecular flexibility index (Phi) is 9.16. The normalized spacial score (nSPS) is 26.5. The highest BCUT2D eigenvalue weighted by Crippen LogP contribution is 2.48. The van der Waals surface area contributed by atoms with Crippen LogP contribution in [0.15, 0.2) is 48.1 Å². The Balaban J connectivity index is 1.46. The van der Waals surface area contributed by atoms with Gasteiger partial charge in [0.1, 0.15) is 0 Å². The van der Waals surface area contributed by atoms with Gasteiger partial charge in [-0.25, -0.2) is 0 Å². The van der Waals surface area contributed by atoms with E-state index < -0.39 is 6.10 Å². The molecular weight excluding hydrogens is 394 g/mol. The summed E-state index contributed by atoms with van der Waals surface area (Å²) in [5.41, 5.74) is 3.97. The smallest absolute Gasteiger partial charge is 0.0761 e. The summed E-state index contributed by atoms with van der Waals surface area (Å²) < 4.78 is 0. The minimum atomic E-state index is -0.498. The second-order valence-corrected chi connectivity index (χ2v) is 10.8. The number of aryl methyl sites for hydroxylation is 1. The van der Waals surface area contributed by atoms with E-state index in [2.05, 4.69) is 69.9 Å². The molecule has 3 heteroatoms. The maximum Gasteiger partial charge on any atom is 0.0761 e. The van der Waals surface area contributed by atoms with Crippen LogP contribution in [0, 0.1) is 24.7 Å². The Morgan fingerprint density at radius 2 is 1.88 bits per heavy atom. The van der Waals surface area contributed by atoms with Gasteiger partial charge in [0.25, 0.3) is 0 Å². The van der Waals surface area contributed by atoms with Crippen LogP contribution in [0.25, 0.3) is 0 Å². The van der Waals surface area contributed by atoms with Gasteiger partial charge in [-0.1, -0.05) is 53.6 Å². The molecule has 0 heterocycles. The first kappa shape index (κ1) is 25.2. The standard InChI is InChI=1S/C29H45NO2/c1-20(2)30(21(3)4)14-7-6-10-24-16-25-19-29(32)27(28(25)18-24)13-12-26(31)17-23-11-8-9-22(5)15-23/h8-9,11-13,15-16,20-21,25-29,31-32H,6-7,10,14,17-19H2,1-5H3/b13-12+/t25-,26+,27+,28-,29+/m0/s1. The molecule has 3 rings (SSSR count). The number of hydrogen-bond acceptors (Lipinski definition) is 3. The van der Waals surface area contributed by atoms with E-state index in [0.717, 1.165) is 18.4 Å². The van der Waals surface area contributed by atoms with E-state index in [1.807, 2.05) is 12.1 Å². The molecule has 0 aliphatic heterocycles. The third kappa shape index (κ3) is 6.79. The largest absolute Gasteiger partial charge is 0.392 e. The lowest BCUT2D eigenvalue weighted by Gasteiger charge is -2.30. The van der Waals surface area contributed by atoms with Crippen molar-refractivity contribution in [2.24, 2.45) is 17.8 Å². The topological polar surface area (TPSA) is 43.7 Å². The summed E-state index contributed by atoms with van der Waals surface area (Å²) in [6, 6.07) is 9.54. The average molecular weight is 440 g/mol. The zero-order chi connectivity index (χ0) is 23.3. The van der Waals surface area contributed by atoms with Crippen molar-refractivity contribution in [2.45, 2.75) is 97.4 Å². The van der Waals surface area contributed by atoms with E-state index >= 15 is 0 Å². The summed E-state index contributed by atoms with van der Waals surface area (Å²) in [5.74, 6) is 1.18. The van der Waals surface area contributed by atoms with Crippen molar-refractivity contribution in [1.82, 2.24) is 4.90 Å². The van der Waals surface area contributed by atoms with Crippen molar-refractivity contribution in [3.8, 4) is 0 Å². The van der Waals surface area contributed by atoms with Gasteiger partial charge < -0.3 is 10.2 Å². The minimum absolute atomic E-state index is 0.165. The lowest BCUT2D eigenvalue weighted by Crippen LogP contribution is -2.37. The van der Waals surface area contributed by atoms with Gasteiger partial charge in [0.05, 0.1) is 12.2 Å². The van der Waals surface area contributed by atoms with Gasteiger partial charge in [-0.3, -0.25) is 4.90 Å². The molecule has 0 saturated heterocycles. The summed E-state index contributed by atoms with van der Waals surface area (Å²) in [7, 11) is 0. The molecule has 1 fully saturated rings. The van der Waals surface area contributed by atoms with Gasteiger partial charge in [0.15, 0.2) is 0 Å². The monoisotopic (exact) mass is 439 g/mol. The van der Waals surface area contributed by atoms with Crippen LogP contribution < -0.4 is 0 Å². The molecule has 1 aromatic carbocycles. The number of aliphatic hydroxyl groups excluding tert-OH is 2. The van der Waals surface area contributed by atoms with Crippen molar-refractivity contribution >= 4 is 0 Å². The number of fused-ring (bicyclic) bond motifs is 1. The van der Waals surface area contributed by atoms with Crippen LogP contribution in [0.2, 0.25) is 0 Å². The Morgan fingerprint density at radius 3 is 2.56 bits per heavy atom. The fourth-order valence-corrected chi connectivity index (χ4v) is 5.95. The van der Waals surface area contributed by atoms with Crippen molar-refractivity contribution in [2.75, 3.05) is 6.54 Å². The fourth-order valence-electron chi connectivity index (χ4n) is 5.95. The van der Waals surface area contributed by atoms with Gasteiger partial charge in [0.2, 0.25) is 0 Å². The second-order valence-electron chi connectivity index (χ2n) is 10.8. The number of rotatable bonds is 11. The van der Waals surface area contributed by atoms with Crippen LogP contribution >= 0.6 is 0 Å². The molecule has 1 saturated carbocycles. The van der Waals surface area contributed by atoms with Crippen LogP contribution in [0.5, 0.6) is 0 Å². The zero-order valence-electron chi connectivity index (χ0n) is 20.9. The molecule has 0 amide bonds. The Hall–Kier alpha value is -1.42. The summed E-state index contributed by atoms with van der Waals surface area (Å²) in [6.07, 6.45) is 12.0. The first-order chi connectivity index (χ1) is 15.2. The third-order valence-corrected chi connectivity index (χ3v) is 7.52. The summed E-state index contributed by atoms with van der Waals surface area (Å²) in [6.45, 7) is 12.4. The lowest BCUT2D eigenvalue weighted by molar-refractivity contribution is 0.140. The number of allylic oxidation sites excluding steroid dienone is 2. The van der Waals surface area contributed by atoms with Gasteiger partial charge >= 0.3 is 0 Å². The minimum Gasteiger partial charge on any atom is -0.392 e. The van der Waals surface area contributed by atoms with Crippen LogP contribution in [0.4, 0.5) is 0 Å². The molecule has 2 aliphatic rings.